The molecule has 1 heterocycles. The van der Waals surface area contributed by atoms with E-state index in [4.69, 9.17) is 0 Å². The Kier molecular flexibility index (Phi) is 3.07. The number of carbonyl (C=O) groups is 1. The minimum absolute atomic E-state index is 0.00403. The fraction of sp³-hybridized carbons (Fsp3) is 0.182. The average Bonchev–Trinajstić information content (AvgIpc) is 2.63. The van der Waals surface area contributed by atoms with Crippen LogP contribution in [-0.2, 0) is 0 Å². The maximum Gasteiger partial charge on any atom is 0.252 e. The van der Waals surface area contributed by atoms with Crippen LogP contribution in [0.1, 0.15) is 17.3 Å². The topological polar surface area (TPSA) is 29.1 Å². The van der Waals surface area contributed by atoms with Gasteiger partial charge in [-0.05, 0) is 19.1 Å². The molecule has 1 N–H and O–H groups in total. The lowest BCUT2D eigenvalue weighted by Crippen LogP contribution is -2.22. The number of amides is 1. The van der Waals surface area contributed by atoms with Crippen LogP contribution in [0.4, 0.5) is 0 Å². The summed E-state index contributed by atoms with van der Waals surface area (Å²) in [6.07, 6.45) is 0. The van der Waals surface area contributed by atoms with Crippen molar-refractivity contribution in [2.45, 2.75) is 6.92 Å². The highest BCUT2D eigenvalue weighted by Crippen LogP contribution is 2.32. The monoisotopic (exact) mass is 283 g/mol. The molecule has 1 aromatic carbocycles. The van der Waals surface area contributed by atoms with Gasteiger partial charge in [0.2, 0.25) is 0 Å². The number of nitrogens with one attached hydrogen (secondary N) is 1. The molecule has 0 saturated carbocycles. The summed E-state index contributed by atoms with van der Waals surface area (Å²) in [4.78, 5) is 11.7. The summed E-state index contributed by atoms with van der Waals surface area (Å²) in [5.74, 6) is -0.00403. The maximum absolute atomic E-state index is 11.7. The zero-order valence-electron chi connectivity index (χ0n) is 8.21. The first kappa shape index (κ1) is 10.6. The van der Waals surface area contributed by atoms with Crippen LogP contribution in [0, 0.1) is 0 Å². The number of thiophene rings is 1. The standard InChI is InChI=1S/C11H10BrNOS/c1-2-13-11(14)7-6-15-9-5-3-4-8(12)10(7)9/h3-6H,2H2,1H3,(H,13,14). The smallest absolute Gasteiger partial charge is 0.252 e. The zero-order valence-corrected chi connectivity index (χ0v) is 10.6. The third-order valence-electron chi connectivity index (χ3n) is 2.13. The molecule has 0 atom stereocenters. The lowest BCUT2D eigenvalue weighted by atomic mass is 10.1. The number of rotatable bonds is 2. The molecular weight excluding hydrogens is 274 g/mol. The molecule has 0 fully saturated rings. The molecule has 0 aliphatic rings. The van der Waals surface area contributed by atoms with Gasteiger partial charge in [-0.1, -0.05) is 22.0 Å². The van der Waals surface area contributed by atoms with Crippen LogP contribution in [0.2, 0.25) is 0 Å². The molecule has 4 heteroatoms. The molecule has 0 aliphatic heterocycles. The Balaban J connectivity index is 2.57. The second-order valence-corrected chi connectivity index (χ2v) is 4.89. The molecule has 2 aromatic rings. The minimum atomic E-state index is -0.00403. The second-order valence-electron chi connectivity index (χ2n) is 3.12. The normalized spacial score (nSPS) is 10.5. The number of benzene rings is 1. The highest BCUT2D eigenvalue weighted by Gasteiger charge is 2.13. The fourth-order valence-electron chi connectivity index (χ4n) is 1.47. The van der Waals surface area contributed by atoms with Gasteiger partial charge >= 0.3 is 0 Å². The molecule has 0 radical (unpaired) electrons. The molecule has 0 unspecified atom stereocenters. The van der Waals surface area contributed by atoms with Gasteiger partial charge in [-0.15, -0.1) is 11.3 Å². The van der Waals surface area contributed by atoms with Gasteiger partial charge in [-0.2, -0.15) is 0 Å². The van der Waals surface area contributed by atoms with E-state index in [0.29, 0.717) is 6.54 Å². The second kappa shape index (κ2) is 4.33. The van der Waals surface area contributed by atoms with Crippen molar-refractivity contribution < 1.29 is 4.79 Å². The summed E-state index contributed by atoms with van der Waals surface area (Å²) in [7, 11) is 0. The number of fused-ring (bicyclic) bond motifs is 1. The Morgan fingerprint density at radius 3 is 3.07 bits per heavy atom. The number of hydrogen-bond donors (Lipinski definition) is 1. The quantitative estimate of drug-likeness (QED) is 0.899. The maximum atomic E-state index is 11.7. The Labute approximate surface area is 100 Å². The van der Waals surface area contributed by atoms with E-state index < -0.39 is 0 Å². The molecule has 0 aliphatic carbocycles. The summed E-state index contributed by atoms with van der Waals surface area (Å²) in [6, 6.07) is 5.95. The molecule has 0 spiro atoms. The van der Waals surface area contributed by atoms with E-state index in [1.54, 1.807) is 11.3 Å². The van der Waals surface area contributed by atoms with Crippen molar-refractivity contribution >= 4 is 43.3 Å². The van der Waals surface area contributed by atoms with Crippen molar-refractivity contribution in [1.82, 2.24) is 5.32 Å². The highest BCUT2D eigenvalue weighted by atomic mass is 79.9. The van der Waals surface area contributed by atoms with E-state index in [9.17, 15) is 4.79 Å². The Morgan fingerprint density at radius 1 is 1.53 bits per heavy atom. The van der Waals surface area contributed by atoms with Crippen molar-refractivity contribution in [3.8, 4) is 0 Å². The van der Waals surface area contributed by atoms with Crippen molar-refractivity contribution in [1.29, 1.82) is 0 Å². The molecule has 78 valence electrons. The number of halogens is 1. The van der Waals surface area contributed by atoms with Crippen molar-refractivity contribution in [3.05, 3.63) is 33.6 Å². The van der Waals surface area contributed by atoms with E-state index in [-0.39, 0.29) is 5.91 Å². The van der Waals surface area contributed by atoms with Crippen LogP contribution in [0.25, 0.3) is 10.1 Å². The Hall–Kier alpha value is -0.870. The molecule has 1 amide bonds. The predicted octanol–water partition coefficient (Wildman–Crippen LogP) is 3.41. The van der Waals surface area contributed by atoms with Crippen LogP contribution >= 0.6 is 27.3 Å². The summed E-state index contributed by atoms with van der Waals surface area (Å²) >= 11 is 5.06. The van der Waals surface area contributed by atoms with Gasteiger partial charge in [0, 0.05) is 26.5 Å². The molecule has 15 heavy (non-hydrogen) atoms. The third kappa shape index (κ3) is 1.92. The summed E-state index contributed by atoms with van der Waals surface area (Å²) in [6.45, 7) is 2.57. The Bertz CT molecular complexity index is 506. The average molecular weight is 284 g/mol. The van der Waals surface area contributed by atoms with Gasteiger partial charge in [0.25, 0.3) is 5.91 Å². The number of hydrogen-bond acceptors (Lipinski definition) is 2. The first-order valence-electron chi connectivity index (χ1n) is 4.68. The van der Waals surface area contributed by atoms with E-state index >= 15 is 0 Å². The van der Waals surface area contributed by atoms with Gasteiger partial charge in [0.15, 0.2) is 0 Å². The van der Waals surface area contributed by atoms with Crippen LogP contribution in [0.15, 0.2) is 28.1 Å². The van der Waals surface area contributed by atoms with E-state index in [2.05, 4.69) is 21.2 Å². The van der Waals surface area contributed by atoms with E-state index in [1.807, 2.05) is 30.5 Å². The van der Waals surface area contributed by atoms with Crippen LogP contribution in [0.3, 0.4) is 0 Å². The fourth-order valence-corrected chi connectivity index (χ4v) is 3.14. The molecular formula is C11H10BrNOS. The van der Waals surface area contributed by atoms with Crippen molar-refractivity contribution in [2.75, 3.05) is 6.54 Å². The van der Waals surface area contributed by atoms with Gasteiger partial charge in [0.05, 0.1) is 5.56 Å². The molecule has 2 rings (SSSR count). The largest absolute Gasteiger partial charge is 0.352 e. The van der Waals surface area contributed by atoms with Gasteiger partial charge in [0.1, 0.15) is 0 Å². The summed E-state index contributed by atoms with van der Waals surface area (Å²) in [5.41, 5.74) is 0.754. The van der Waals surface area contributed by atoms with Crippen LogP contribution < -0.4 is 5.32 Å². The van der Waals surface area contributed by atoms with Crippen molar-refractivity contribution in [2.24, 2.45) is 0 Å². The molecule has 0 bridgehead atoms. The summed E-state index contributed by atoms with van der Waals surface area (Å²) in [5, 5.41) is 5.73. The van der Waals surface area contributed by atoms with Gasteiger partial charge in [-0.25, -0.2) is 0 Å². The van der Waals surface area contributed by atoms with Crippen LogP contribution in [0.5, 0.6) is 0 Å². The third-order valence-corrected chi connectivity index (χ3v) is 3.74. The number of carbonyl (C=O) groups excluding carboxylic acids is 1. The lowest BCUT2D eigenvalue weighted by molar-refractivity contribution is 0.0958. The predicted molar refractivity (Wildman–Crippen MR) is 67.5 cm³/mol. The minimum Gasteiger partial charge on any atom is -0.352 e. The summed E-state index contributed by atoms with van der Waals surface area (Å²) < 4.78 is 2.10. The lowest BCUT2D eigenvalue weighted by Gasteiger charge is -2.01. The first-order chi connectivity index (χ1) is 7.24. The van der Waals surface area contributed by atoms with Gasteiger partial charge < -0.3 is 5.32 Å². The van der Waals surface area contributed by atoms with Crippen LogP contribution in [-0.4, -0.2) is 12.5 Å². The molecule has 0 saturated heterocycles. The van der Waals surface area contributed by atoms with Gasteiger partial charge in [-0.3, -0.25) is 4.79 Å². The first-order valence-corrected chi connectivity index (χ1v) is 6.35. The van der Waals surface area contributed by atoms with E-state index in [1.165, 1.54) is 0 Å². The molecule has 1 aromatic heterocycles. The Morgan fingerprint density at radius 2 is 2.33 bits per heavy atom. The molecule has 2 nitrogen and oxygen atoms in total. The SMILES string of the molecule is CCNC(=O)c1csc2cccc(Br)c12. The van der Waals surface area contributed by atoms with Crippen molar-refractivity contribution in [3.63, 3.8) is 0 Å². The highest BCUT2D eigenvalue weighted by molar-refractivity contribution is 9.10. The van der Waals surface area contributed by atoms with E-state index in [0.717, 1.165) is 20.1 Å². The zero-order chi connectivity index (χ0) is 10.8.